The van der Waals surface area contributed by atoms with E-state index >= 15 is 0 Å². The van der Waals surface area contributed by atoms with Crippen molar-refractivity contribution in [3.05, 3.63) is 132 Å². The molecule has 0 saturated carbocycles. The fourth-order valence-electron chi connectivity index (χ4n) is 5.95. The van der Waals surface area contributed by atoms with Gasteiger partial charge in [0, 0.05) is 27.4 Å². The van der Waals surface area contributed by atoms with Crippen LogP contribution in [0.4, 0.5) is 5.82 Å². The predicted octanol–water partition coefficient (Wildman–Crippen LogP) is 8.19. The minimum atomic E-state index is 0.882. The highest BCUT2D eigenvalue weighted by Crippen LogP contribution is 2.40. The first kappa shape index (κ1) is 21.2. The highest BCUT2D eigenvalue weighted by molar-refractivity contribution is 6.08. The summed E-state index contributed by atoms with van der Waals surface area (Å²) in [7, 11) is 0. The fraction of sp³-hybridized carbons (Fsp3) is 0.0588. The molecule has 3 aromatic heterocycles. The van der Waals surface area contributed by atoms with E-state index in [4.69, 9.17) is 9.98 Å². The van der Waals surface area contributed by atoms with Crippen molar-refractivity contribution in [1.82, 2.24) is 14.1 Å². The second-order valence-electron chi connectivity index (χ2n) is 9.81. The standard InChI is InChI=1S/C34H24N4/c1-3-11-23(12-4-1)29-21-19-27-26-16-8-10-18-31(26)38(33(27)35-29)32-22-20-28-25-15-7-9-17-30(25)37(34(28)36-32)24-13-5-2-6-14-24/h1-18,20,22H,19,21H2. The molecular formula is C34H24N4. The second kappa shape index (κ2) is 8.29. The zero-order valence-corrected chi connectivity index (χ0v) is 20.8. The van der Waals surface area contributed by atoms with Crippen LogP contribution in [0.25, 0.3) is 44.3 Å². The molecule has 7 aromatic rings. The van der Waals surface area contributed by atoms with E-state index in [1.165, 1.54) is 21.9 Å². The maximum absolute atomic E-state index is 5.34. The average Bonchev–Trinajstić information content (AvgIpc) is 3.50. The van der Waals surface area contributed by atoms with Crippen LogP contribution in [0.3, 0.4) is 0 Å². The van der Waals surface area contributed by atoms with Crippen LogP contribution >= 0.6 is 0 Å². The summed E-state index contributed by atoms with van der Waals surface area (Å²) >= 11 is 0. The fourth-order valence-corrected chi connectivity index (χ4v) is 5.95. The van der Waals surface area contributed by atoms with E-state index in [-0.39, 0.29) is 0 Å². The van der Waals surface area contributed by atoms with Gasteiger partial charge in [-0.25, -0.2) is 9.98 Å². The number of benzene rings is 4. The van der Waals surface area contributed by atoms with Crippen molar-refractivity contribution in [3.8, 4) is 11.5 Å². The summed E-state index contributed by atoms with van der Waals surface area (Å²) < 4.78 is 4.52. The Bertz CT molecular complexity index is 2010. The van der Waals surface area contributed by atoms with Crippen molar-refractivity contribution in [2.75, 3.05) is 0 Å². The first-order valence-corrected chi connectivity index (χ1v) is 13.1. The molecule has 0 fully saturated rings. The van der Waals surface area contributed by atoms with Gasteiger partial charge in [0.25, 0.3) is 0 Å². The van der Waals surface area contributed by atoms with Crippen LogP contribution in [0.5, 0.6) is 0 Å². The van der Waals surface area contributed by atoms with E-state index in [2.05, 4.69) is 130 Å². The third-order valence-corrected chi connectivity index (χ3v) is 7.66. The zero-order chi connectivity index (χ0) is 25.1. The summed E-state index contributed by atoms with van der Waals surface area (Å²) in [5.41, 5.74) is 7.96. The van der Waals surface area contributed by atoms with Gasteiger partial charge in [0.15, 0.2) is 0 Å². The SMILES string of the molecule is c1ccc(C2=Nc3c(c4ccccc4n3-c3ccc4c5ccccc5n(-c5ccccc5)c4n3)CC2)cc1. The lowest BCUT2D eigenvalue weighted by Crippen LogP contribution is -2.09. The van der Waals surface area contributed by atoms with Gasteiger partial charge in [-0.1, -0.05) is 84.9 Å². The van der Waals surface area contributed by atoms with Crippen LogP contribution in [0.15, 0.2) is 126 Å². The molecule has 38 heavy (non-hydrogen) atoms. The largest absolute Gasteiger partial charge is 0.294 e. The molecular weight excluding hydrogens is 464 g/mol. The number of aryl methyl sites for hydroxylation is 1. The Kier molecular flexibility index (Phi) is 4.61. The monoisotopic (exact) mass is 488 g/mol. The maximum Gasteiger partial charge on any atom is 0.148 e. The molecule has 0 amide bonds. The highest BCUT2D eigenvalue weighted by Gasteiger charge is 2.24. The molecule has 4 heteroatoms. The highest BCUT2D eigenvalue weighted by atomic mass is 15.2. The molecule has 0 atom stereocenters. The normalized spacial score (nSPS) is 13.2. The van der Waals surface area contributed by atoms with Crippen LogP contribution in [0.1, 0.15) is 17.5 Å². The van der Waals surface area contributed by atoms with Crippen molar-refractivity contribution in [2.24, 2.45) is 4.99 Å². The summed E-state index contributed by atoms with van der Waals surface area (Å²) in [6, 6.07) is 42.5. The van der Waals surface area contributed by atoms with Gasteiger partial charge < -0.3 is 0 Å². The van der Waals surface area contributed by atoms with Crippen molar-refractivity contribution >= 4 is 44.4 Å². The van der Waals surface area contributed by atoms with E-state index in [0.29, 0.717) is 0 Å². The number of aliphatic imine (C=N–C) groups is 1. The van der Waals surface area contributed by atoms with Crippen LogP contribution < -0.4 is 0 Å². The van der Waals surface area contributed by atoms with Crippen molar-refractivity contribution < 1.29 is 0 Å². The average molecular weight is 489 g/mol. The third kappa shape index (κ3) is 3.10. The minimum absolute atomic E-state index is 0.882. The van der Waals surface area contributed by atoms with E-state index in [9.17, 15) is 0 Å². The topological polar surface area (TPSA) is 35.1 Å². The first-order valence-electron chi connectivity index (χ1n) is 13.1. The maximum atomic E-state index is 5.34. The van der Waals surface area contributed by atoms with Crippen LogP contribution in [0.2, 0.25) is 0 Å². The van der Waals surface area contributed by atoms with Crippen molar-refractivity contribution in [2.45, 2.75) is 12.8 Å². The predicted molar refractivity (Wildman–Crippen MR) is 156 cm³/mol. The lowest BCUT2D eigenvalue weighted by Gasteiger charge is -2.16. The van der Waals surface area contributed by atoms with Gasteiger partial charge in [0.05, 0.1) is 16.7 Å². The van der Waals surface area contributed by atoms with Gasteiger partial charge in [-0.05, 0) is 54.8 Å². The zero-order valence-electron chi connectivity index (χ0n) is 20.8. The van der Waals surface area contributed by atoms with Crippen LogP contribution in [-0.2, 0) is 6.42 Å². The number of para-hydroxylation sites is 3. The Morgan fingerprint density at radius 1 is 0.526 bits per heavy atom. The number of nitrogens with zero attached hydrogens (tertiary/aromatic N) is 4. The molecule has 0 N–H and O–H groups in total. The number of rotatable bonds is 3. The Morgan fingerprint density at radius 2 is 1.18 bits per heavy atom. The number of fused-ring (bicyclic) bond motifs is 6. The van der Waals surface area contributed by atoms with Gasteiger partial charge in [-0.3, -0.25) is 9.13 Å². The molecule has 0 bridgehead atoms. The van der Waals surface area contributed by atoms with Gasteiger partial charge >= 0.3 is 0 Å². The molecule has 4 heterocycles. The summed E-state index contributed by atoms with van der Waals surface area (Å²) in [5, 5.41) is 3.60. The molecule has 0 aliphatic carbocycles. The van der Waals surface area contributed by atoms with Gasteiger partial charge in [-0.2, -0.15) is 0 Å². The summed E-state index contributed by atoms with van der Waals surface area (Å²) in [5.74, 6) is 1.87. The van der Waals surface area contributed by atoms with Crippen LogP contribution in [-0.4, -0.2) is 19.8 Å². The Hall–Kier alpha value is -4.96. The first-order chi connectivity index (χ1) is 18.9. The lowest BCUT2D eigenvalue weighted by atomic mass is 9.98. The molecule has 1 aliphatic heterocycles. The van der Waals surface area contributed by atoms with Crippen molar-refractivity contribution in [1.29, 1.82) is 0 Å². The Morgan fingerprint density at radius 3 is 1.97 bits per heavy atom. The number of hydrogen-bond donors (Lipinski definition) is 0. The molecule has 180 valence electrons. The molecule has 0 unspecified atom stereocenters. The molecule has 0 spiro atoms. The summed E-state index contributed by atoms with van der Waals surface area (Å²) in [6.45, 7) is 0. The van der Waals surface area contributed by atoms with Crippen molar-refractivity contribution in [3.63, 3.8) is 0 Å². The van der Waals surface area contributed by atoms with Crippen LogP contribution in [0, 0.1) is 0 Å². The molecule has 4 nitrogen and oxygen atoms in total. The molecule has 1 aliphatic rings. The quantitative estimate of drug-likeness (QED) is 0.247. The van der Waals surface area contributed by atoms with Gasteiger partial charge in [0.2, 0.25) is 0 Å². The smallest absolute Gasteiger partial charge is 0.148 e. The minimum Gasteiger partial charge on any atom is -0.294 e. The van der Waals surface area contributed by atoms with E-state index in [1.54, 1.807) is 0 Å². The second-order valence-corrected chi connectivity index (χ2v) is 9.81. The summed E-state index contributed by atoms with van der Waals surface area (Å²) in [6.07, 6.45) is 1.89. The van der Waals surface area contributed by atoms with Gasteiger partial charge in [-0.15, -0.1) is 0 Å². The lowest BCUT2D eigenvalue weighted by molar-refractivity contribution is 0.965. The molecule has 8 rings (SSSR count). The van der Waals surface area contributed by atoms with Gasteiger partial charge in [0.1, 0.15) is 17.3 Å². The molecule has 0 radical (unpaired) electrons. The number of hydrogen-bond acceptors (Lipinski definition) is 2. The van der Waals surface area contributed by atoms with E-state index in [1.807, 2.05) is 0 Å². The molecule has 4 aromatic carbocycles. The third-order valence-electron chi connectivity index (χ3n) is 7.66. The Labute approximate surface area is 220 Å². The summed E-state index contributed by atoms with van der Waals surface area (Å²) in [4.78, 5) is 10.6. The van der Waals surface area contributed by atoms with E-state index in [0.717, 1.165) is 57.9 Å². The van der Waals surface area contributed by atoms with E-state index < -0.39 is 0 Å². The number of pyridine rings is 1. The molecule has 0 saturated heterocycles. The Balaban J connectivity index is 1.43. The number of aromatic nitrogens is 3.